The molecule has 3 atom stereocenters. The van der Waals surface area contributed by atoms with Crippen molar-refractivity contribution in [2.75, 3.05) is 38.4 Å². The number of rotatable bonds is 12. The summed E-state index contributed by atoms with van der Waals surface area (Å²) < 4.78 is 27.4. The molecule has 3 aromatic heterocycles. The van der Waals surface area contributed by atoms with Gasteiger partial charge in [-0.1, -0.05) is 17.7 Å². The van der Waals surface area contributed by atoms with Gasteiger partial charge in [0, 0.05) is 42.0 Å². The highest BCUT2D eigenvalue weighted by Crippen LogP contribution is 2.40. The number of benzene rings is 1. The summed E-state index contributed by atoms with van der Waals surface area (Å²) in [5.41, 5.74) is 2.50. The highest BCUT2D eigenvalue weighted by molar-refractivity contribution is 6.32. The van der Waals surface area contributed by atoms with Crippen LogP contribution in [0.25, 0.3) is 11.1 Å². The second-order valence-corrected chi connectivity index (χ2v) is 13.9. The maximum Gasteiger partial charge on any atom is 0.256 e. The van der Waals surface area contributed by atoms with Gasteiger partial charge in [-0.15, -0.1) is 5.10 Å². The molecule has 48 heavy (non-hydrogen) atoms. The summed E-state index contributed by atoms with van der Waals surface area (Å²) in [4.78, 5) is 16.0. The number of fused-ring (bicyclic) bond motifs is 2. The largest absolute Gasteiger partial charge is 0.487 e. The Morgan fingerprint density at radius 2 is 1.67 bits per heavy atom. The molecule has 1 aliphatic carbocycles. The zero-order chi connectivity index (χ0) is 32.5. The number of morpholine rings is 1. The Hall–Kier alpha value is -3.78. The molecule has 4 aromatic rings. The van der Waals surface area contributed by atoms with Gasteiger partial charge in [-0.2, -0.15) is 5.10 Å². The molecule has 254 valence electrons. The number of aromatic nitrogens is 7. The normalized spacial score (nSPS) is 25.0. The van der Waals surface area contributed by atoms with Gasteiger partial charge >= 0.3 is 0 Å². The van der Waals surface area contributed by atoms with Gasteiger partial charge in [-0.3, -0.25) is 9.58 Å². The van der Waals surface area contributed by atoms with Crippen LogP contribution >= 0.6 is 11.6 Å². The summed E-state index contributed by atoms with van der Waals surface area (Å²) >= 11 is 6.48. The van der Waals surface area contributed by atoms with Crippen LogP contribution in [0.15, 0.2) is 49.4 Å². The summed E-state index contributed by atoms with van der Waals surface area (Å²) in [6, 6.07) is 7.83. The van der Waals surface area contributed by atoms with Crippen molar-refractivity contribution in [3.05, 3.63) is 54.5 Å². The van der Waals surface area contributed by atoms with Crippen LogP contribution in [-0.4, -0.2) is 96.7 Å². The Kier molecular flexibility index (Phi) is 9.17. The lowest BCUT2D eigenvalue weighted by molar-refractivity contribution is -0.0515. The van der Waals surface area contributed by atoms with Crippen LogP contribution in [0.5, 0.6) is 11.6 Å². The van der Waals surface area contributed by atoms with E-state index >= 15 is 0 Å². The number of nitrogens with zero attached hydrogens (tertiary/aromatic N) is 8. The predicted octanol–water partition coefficient (Wildman–Crippen LogP) is 5.17. The quantitative estimate of drug-likeness (QED) is 0.214. The lowest BCUT2D eigenvalue weighted by Crippen LogP contribution is -2.52. The van der Waals surface area contributed by atoms with Crippen molar-refractivity contribution in [3.63, 3.8) is 0 Å². The third-order valence-electron chi connectivity index (χ3n) is 10.0. The van der Waals surface area contributed by atoms with Crippen molar-refractivity contribution < 1.29 is 18.9 Å². The van der Waals surface area contributed by atoms with Crippen LogP contribution in [0.1, 0.15) is 51.5 Å². The molecular formula is C34H42ClN9O4. The average Bonchev–Trinajstić information content (AvgIpc) is 3.80. The molecule has 4 aliphatic rings. The topological polar surface area (TPSA) is 126 Å². The molecule has 0 radical (unpaired) electrons. The van der Waals surface area contributed by atoms with Gasteiger partial charge < -0.3 is 24.3 Å². The van der Waals surface area contributed by atoms with Crippen LogP contribution in [0, 0.1) is 5.92 Å². The van der Waals surface area contributed by atoms with Crippen LogP contribution in [0.3, 0.4) is 0 Å². The summed E-state index contributed by atoms with van der Waals surface area (Å²) in [7, 11) is 0. The minimum absolute atomic E-state index is 0.161. The van der Waals surface area contributed by atoms with Crippen molar-refractivity contribution in [1.82, 2.24) is 39.4 Å². The molecular weight excluding hydrogens is 634 g/mol. The van der Waals surface area contributed by atoms with Crippen molar-refractivity contribution in [2.45, 2.75) is 82.3 Å². The molecule has 1 N–H and O–H groups in total. The van der Waals surface area contributed by atoms with E-state index in [1.54, 1.807) is 23.4 Å². The third-order valence-corrected chi connectivity index (χ3v) is 10.3. The number of hydrogen-bond acceptors (Lipinski definition) is 11. The molecule has 0 amide bonds. The van der Waals surface area contributed by atoms with E-state index in [1.165, 1.54) is 32.0 Å². The van der Waals surface area contributed by atoms with E-state index in [2.05, 4.69) is 41.1 Å². The number of nitrogens with one attached hydrogen (secondary N) is 1. The molecule has 0 unspecified atom stereocenters. The highest BCUT2D eigenvalue weighted by Gasteiger charge is 2.42. The van der Waals surface area contributed by atoms with Gasteiger partial charge in [0.1, 0.15) is 30.2 Å². The smallest absolute Gasteiger partial charge is 0.256 e. The monoisotopic (exact) mass is 675 g/mol. The lowest BCUT2D eigenvalue weighted by Gasteiger charge is -2.43. The van der Waals surface area contributed by atoms with E-state index < -0.39 is 0 Å². The summed E-state index contributed by atoms with van der Waals surface area (Å²) in [5.74, 6) is 2.01. The Bertz CT molecular complexity index is 1640. The third kappa shape index (κ3) is 6.87. The minimum Gasteiger partial charge on any atom is -0.487 e. The van der Waals surface area contributed by atoms with E-state index in [9.17, 15) is 0 Å². The molecule has 2 bridgehead atoms. The van der Waals surface area contributed by atoms with Gasteiger partial charge in [-0.25, -0.2) is 19.6 Å². The predicted molar refractivity (Wildman–Crippen MR) is 179 cm³/mol. The average molecular weight is 676 g/mol. The zero-order valence-electron chi connectivity index (χ0n) is 27.2. The number of halogens is 1. The Morgan fingerprint density at radius 1 is 0.938 bits per heavy atom. The molecule has 14 heteroatoms. The molecule has 8 rings (SSSR count). The SMILES string of the molecule is C[C@@H](Cn1cncn1)Oc1cc(-c2cnc(Nc3cn([C@H]4CC[C@H](N5[C@@H]6CC[C@H]5COC6)CC4)nc3OCC3COC3)nc2)ccc1Cl. The zero-order valence-corrected chi connectivity index (χ0v) is 27.9. The maximum absolute atomic E-state index is 6.48. The van der Waals surface area contributed by atoms with Crippen molar-refractivity contribution in [2.24, 2.45) is 5.92 Å². The first kappa shape index (κ1) is 31.5. The van der Waals surface area contributed by atoms with Crippen LogP contribution in [0.4, 0.5) is 11.6 Å². The first-order chi connectivity index (χ1) is 23.6. The van der Waals surface area contributed by atoms with Crippen LogP contribution < -0.4 is 14.8 Å². The molecule has 13 nitrogen and oxygen atoms in total. The summed E-state index contributed by atoms with van der Waals surface area (Å²) in [6.45, 7) is 6.31. The molecule has 1 aromatic carbocycles. The van der Waals surface area contributed by atoms with Crippen LogP contribution in [0.2, 0.25) is 5.02 Å². The Labute approximate surface area is 284 Å². The van der Waals surface area contributed by atoms with E-state index in [-0.39, 0.29) is 6.10 Å². The van der Waals surface area contributed by atoms with E-state index in [1.807, 2.05) is 25.1 Å². The fourth-order valence-electron chi connectivity index (χ4n) is 7.49. The van der Waals surface area contributed by atoms with Crippen molar-refractivity contribution in [1.29, 1.82) is 0 Å². The summed E-state index contributed by atoms with van der Waals surface area (Å²) in [5, 5.41) is 13.0. The fourth-order valence-corrected chi connectivity index (χ4v) is 7.65. The fraction of sp³-hybridized carbons (Fsp3) is 0.559. The van der Waals surface area contributed by atoms with E-state index in [0.717, 1.165) is 56.1 Å². The molecule has 3 saturated heterocycles. The number of anilines is 2. The minimum atomic E-state index is -0.161. The van der Waals surface area contributed by atoms with Crippen molar-refractivity contribution in [3.8, 4) is 22.8 Å². The van der Waals surface area contributed by atoms with Gasteiger partial charge in [0.2, 0.25) is 5.95 Å². The standard InChI is InChI=1S/C34H42ClN9O4/c1-22(13-42-21-36-20-39-42)48-32-10-24(2-9-30(32)35)25-11-37-34(38-12-25)40-31-14-43(41-33(31)47-17-23-15-45-16-23)26-3-5-27(6-4-26)44-28-7-8-29(44)19-46-18-28/h2,9-12,14,20-23,26-29H,3-8,13,15-19H2,1H3,(H,37,38,40)/t22-,26-,27-,28-,29+/m0/s1. The van der Waals surface area contributed by atoms with Gasteiger partial charge in [0.05, 0.1) is 56.8 Å². The highest BCUT2D eigenvalue weighted by atomic mass is 35.5. The summed E-state index contributed by atoms with van der Waals surface area (Å²) in [6.07, 6.45) is 15.7. The second-order valence-electron chi connectivity index (χ2n) is 13.5. The maximum atomic E-state index is 6.48. The molecule has 1 saturated carbocycles. The van der Waals surface area contributed by atoms with Crippen LogP contribution in [-0.2, 0) is 16.0 Å². The second kappa shape index (κ2) is 14.0. The first-order valence-electron chi connectivity index (χ1n) is 17.1. The van der Waals surface area contributed by atoms with Crippen molar-refractivity contribution >= 4 is 23.2 Å². The number of hydrogen-bond donors (Lipinski definition) is 1. The van der Waals surface area contributed by atoms with E-state index in [4.69, 9.17) is 35.6 Å². The van der Waals surface area contributed by atoms with E-state index in [0.29, 0.717) is 65.8 Å². The molecule has 3 aliphatic heterocycles. The number of ether oxygens (including phenoxy) is 4. The molecule has 0 spiro atoms. The Morgan fingerprint density at radius 3 is 2.38 bits per heavy atom. The molecule has 4 fully saturated rings. The Balaban J connectivity index is 0.938. The molecule has 6 heterocycles. The van der Waals surface area contributed by atoms with Gasteiger partial charge in [0.15, 0.2) is 0 Å². The van der Waals surface area contributed by atoms with Gasteiger partial charge in [0.25, 0.3) is 5.88 Å². The lowest BCUT2D eigenvalue weighted by atomic mass is 9.89. The first-order valence-corrected chi connectivity index (χ1v) is 17.5. The van der Waals surface area contributed by atoms with Gasteiger partial charge in [-0.05, 0) is 63.1 Å².